The van der Waals surface area contributed by atoms with Crippen molar-refractivity contribution in [3.63, 3.8) is 0 Å². The summed E-state index contributed by atoms with van der Waals surface area (Å²) in [4.78, 5) is 12.0. The average molecular weight is 261 g/mol. The van der Waals surface area contributed by atoms with Crippen molar-refractivity contribution >= 4 is 5.91 Å². The molecule has 1 heterocycles. The zero-order chi connectivity index (χ0) is 14.0. The van der Waals surface area contributed by atoms with Crippen LogP contribution in [0.5, 0.6) is 11.5 Å². The van der Waals surface area contributed by atoms with Gasteiger partial charge in [-0.15, -0.1) is 0 Å². The third-order valence-electron chi connectivity index (χ3n) is 2.78. The van der Waals surface area contributed by atoms with Gasteiger partial charge in [-0.2, -0.15) is 0 Å². The highest BCUT2D eigenvalue weighted by Gasteiger charge is 2.19. The zero-order valence-electron chi connectivity index (χ0n) is 10.7. The van der Waals surface area contributed by atoms with Crippen molar-refractivity contribution in [1.82, 2.24) is 5.32 Å². The van der Waals surface area contributed by atoms with Crippen LogP contribution in [0.25, 0.3) is 0 Å². The van der Waals surface area contributed by atoms with Crippen molar-refractivity contribution in [2.75, 3.05) is 0 Å². The molecular weight excluding hydrogens is 246 g/mol. The summed E-state index contributed by atoms with van der Waals surface area (Å²) in [6, 6.07) is 7.36. The molecule has 3 N–H and O–H groups in total. The summed E-state index contributed by atoms with van der Waals surface area (Å²) < 4.78 is 5.40. The van der Waals surface area contributed by atoms with Crippen LogP contribution in [0.1, 0.15) is 34.8 Å². The molecule has 0 aliphatic carbocycles. The van der Waals surface area contributed by atoms with Crippen LogP contribution in [0.3, 0.4) is 0 Å². The molecule has 5 nitrogen and oxygen atoms in total. The molecule has 1 atom stereocenters. The Morgan fingerprint density at radius 3 is 2.37 bits per heavy atom. The predicted molar refractivity (Wildman–Crippen MR) is 69.1 cm³/mol. The second-order valence-electron chi connectivity index (χ2n) is 4.31. The molecule has 2 aromatic rings. The van der Waals surface area contributed by atoms with E-state index in [1.54, 1.807) is 19.1 Å². The largest absolute Gasteiger partial charge is 0.507 e. The average Bonchev–Trinajstić information content (AvgIpc) is 2.75. The van der Waals surface area contributed by atoms with E-state index in [4.69, 9.17) is 4.42 Å². The number of phenols is 2. The fourth-order valence-corrected chi connectivity index (χ4v) is 1.79. The number of carbonyl (C=O) groups excluding carboxylic acids is 1. The third kappa shape index (κ3) is 2.70. The molecule has 0 fully saturated rings. The molecule has 100 valence electrons. The van der Waals surface area contributed by atoms with Gasteiger partial charge in [-0.05, 0) is 38.1 Å². The molecule has 0 bridgehead atoms. The van der Waals surface area contributed by atoms with E-state index < -0.39 is 5.91 Å². The van der Waals surface area contributed by atoms with Crippen LogP contribution in [0.15, 0.2) is 34.7 Å². The number of aromatic hydroxyl groups is 2. The predicted octanol–water partition coefficient (Wildman–Crippen LogP) is 2.49. The van der Waals surface area contributed by atoms with Crippen molar-refractivity contribution in [1.29, 1.82) is 0 Å². The number of rotatable bonds is 3. The van der Waals surface area contributed by atoms with Crippen molar-refractivity contribution in [2.24, 2.45) is 0 Å². The Kier molecular flexibility index (Phi) is 3.46. The van der Waals surface area contributed by atoms with E-state index in [9.17, 15) is 15.0 Å². The van der Waals surface area contributed by atoms with Crippen LogP contribution in [0.2, 0.25) is 0 Å². The Labute approximate surface area is 110 Å². The van der Waals surface area contributed by atoms with Gasteiger partial charge >= 0.3 is 0 Å². The molecular formula is C14H15NO4. The molecule has 0 aliphatic heterocycles. The smallest absolute Gasteiger partial charge is 0.259 e. The van der Waals surface area contributed by atoms with Crippen molar-refractivity contribution in [3.8, 4) is 11.5 Å². The molecule has 1 amide bonds. The zero-order valence-corrected chi connectivity index (χ0v) is 10.7. The maximum absolute atomic E-state index is 12.0. The van der Waals surface area contributed by atoms with E-state index in [2.05, 4.69) is 5.32 Å². The maximum Gasteiger partial charge on any atom is 0.259 e. The van der Waals surface area contributed by atoms with E-state index in [1.807, 2.05) is 6.92 Å². The topological polar surface area (TPSA) is 82.7 Å². The third-order valence-corrected chi connectivity index (χ3v) is 2.78. The molecule has 0 saturated carbocycles. The van der Waals surface area contributed by atoms with E-state index in [-0.39, 0.29) is 23.1 Å². The van der Waals surface area contributed by atoms with Crippen LogP contribution in [-0.2, 0) is 0 Å². The quantitative estimate of drug-likeness (QED) is 0.792. The summed E-state index contributed by atoms with van der Waals surface area (Å²) in [6.07, 6.45) is 0. The van der Waals surface area contributed by atoms with Crippen molar-refractivity contribution in [3.05, 3.63) is 47.4 Å². The fraction of sp³-hybridized carbons (Fsp3) is 0.214. The number of benzene rings is 1. The summed E-state index contributed by atoms with van der Waals surface area (Å²) in [5.74, 6) is 0.278. The molecule has 0 saturated heterocycles. The Morgan fingerprint density at radius 2 is 1.84 bits per heavy atom. The summed E-state index contributed by atoms with van der Waals surface area (Å²) in [7, 11) is 0. The van der Waals surface area contributed by atoms with Crippen molar-refractivity contribution < 1.29 is 19.4 Å². The van der Waals surface area contributed by atoms with E-state index >= 15 is 0 Å². The minimum absolute atomic E-state index is 0.141. The summed E-state index contributed by atoms with van der Waals surface area (Å²) >= 11 is 0. The van der Waals surface area contributed by atoms with Gasteiger partial charge in [-0.1, -0.05) is 6.07 Å². The molecule has 19 heavy (non-hydrogen) atoms. The van der Waals surface area contributed by atoms with Gasteiger partial charge in [0.15, 0.2) is 0 Å². The first kappa shape index (κ1) is 13.0. The first-order chi connectivity index (χ1) is 8.99. The minimum Gasteiger partial charge on any atom is -0.507 e. The monoisotopic (exact) mass is 261 g/mol. The number of hydrogen-bond donors (Lipinski definition) is 3. The highest BCUT2D eigenvalue weighted by Crippen LogP contribution is 2.27. The summed E-state index contributed by atoms with van der Waals surface area (Å²) in [5, 5.41) is 21.9. The molecule has 0 aliphatic rings. The highest BCUT2D eigenvalue weighted by atomic mass is 16.3. The van der Waals surface area contributed by atoms with Gasteiger partial charge in [0.25, 0.3) is 5.91 Å². The molecule has 0 radical (unpaired) electrons. The van der Waals surface area contributed by atoms with Crippen molar-refractivity contribution in [2.45, 2.75) is 19.9 Å². The molecule has 0 spiro atoms. The van der Waals surface area contributed by atoms with Gasteiger partial charge in [-0.25, -0.2) is 0 Å². The van der Waals surface area contributed by atoms with Crippen LogP contribution >= 0.6 is 0 Å². The number of nitrogens with one attached hydrogen (secondary N) is 1. The van der Waals surface area contributed by atoms with E-state index in [1.165, 1.54) is 18.2 Å². The van der Waals surface area contributed by atoms with Crippen LogP contribution in [0, 0.1) is 6.92 Å². The molecule has 2 rings (SSSR count). The van der Waals surface area contributed by atoms with Gasteiger partial charge in [0.05, 0.1) is 6.04 Å². The Morgan fingerprint density at radius 1 is 1.21 bits per heavy atom. The van der Waals surface area contributed by atoms with Crippen LogP contribution in [-0.4, -0.2) is 16.1 Å². The molecule has 1 unspecified atom stereocenters. The standard InChI is InChI=1S/C14H15NO4/c1-8-6-7-12(19-8)9(2)15-14(18)13-10(16)4-3-5-11(13)17/h3-7,9,16-17H,1-2H3,(H,15,18). The normalized spacial score (nSPS) is 12.1. The van der Waals surface area contributed by atoms with Crippen LogP contribution in [0.4, 0.5) is 0 Å². The number of phenolic OH excluding ortho intramolecular Hbond substituents is 2. The Hall–Kier alpha value is -2.43. The lowest BCUT2D eigenvalue weighted by atomic mass is 10.1. The van der Waals surface area contributed by atoms with Gasteiger partial charge in [-0.3, -0.25) is 4.79 Å². The lowest BCUT2D eigenvalue weighted by Gasteiger charge is -2.13. The Balaban J connectivity index is 2.17. The van der Waals surface area contributed by atoms with Gasteiger partial charge in [0.2, 0.25) is 0 Å². The van der Waals surface area contributed by atoms with Gasteiger partial charge in [0, 0.05) is 0 Å². The number of furan rings is 1. The first-order valence-corrected chi connectivity index (χ1v) is 5.87. The lowest BCUT2D eigenvalue weighted by Crippen LogP contribution is -2.26. The maximum atomic E-state index is 12.0. The summed E-state index contributed by atoms with van der Waals surface area (Å²) in [6.45, 7) is 3.57. The van der Waals surface area contributed by atoms with Gasteiger partial charge in [0.1, 0.15) is 28.6 Å². The fourth-order valence-electron chi connectivity index (χ4n) is 1.79. The summed E-state index contributed by atoms with van der Waals surface area (Å²) in [5.41, 5.74) is -0.141. The van der Waals surface area contributed by atoms with Gasteiger partial charge < -0.3 is 19.9 Å². The van der Waals surface area contributed by atoms with Crippen LogP contribution < -0.4 is 5.32 Å². The van der Waals surface area contributed by atoms with E-state index in [0.29, 0.717) is 5.76 Å². The molecule has 5 heteroatoms. The molecule has 1 aromatic carbocycles. The second-order valence-corrected chi connectivity index (χ2v) is 4.31. The highest BCUT2D eigenvalue weighted by molar-refractivity contribution is 5.99. The number of amides is 1. The molecule has 1 aromatic heterocycles. The number of hydrogen-bond acceptors (Lipinski definition) is 4. The number of aryl methyl sites for hydroxylation is 1. The Bertz CT molecular complexity index is 583. The van der Waals surface area contributed by atoms with E-state index in [0.717, 1.165) is 5.76 Å². The first-order valence-electron chi connectivity index (χ1n) is 5.87. The SMILES string of the molecule is Cc1ccc(C(C)NC(=O)c2c(O)cccc2O)o1. The number of carbonyl (C=O) groups is 1. The lowest BCUT2D eigenvalue weighted by molar-refractivity contribution is 0.0929. The minimum atomic E-state index is -0.558. The second kappa shape index (κ2) is 5.06.